The number of rotatable bonds is 13. The van der Waals surface area contributed by atoms with Gasteiger partial charge in [-0.25, -0.2) is 0 Å². The summed E-state index contributed by atoms with van der Waals surface area (Å²) in [6.45, 7) is 11.5. The predicted octanol–water partition coefficient (Wildman–Crippen LogP) is 0.804. The minimum absolute atomic E-state index is 0.438. The molecule has 0 saturated carbocycles. The van der Waals surface area contributed by atoms with Crippen LogP contribution in [0, 0.1) is 0 Å². The molecule has 0 bridgehead atoms. The van der Waals surface area contributed by atoms with E-state index in [1.54, 1.807) is 0 Å². The summed E-state index contributed by atoms with van der Waals surface area (Å²) in [5.74, 6) is 0. The highest BCUT2D eigenvalue weighted by molar-refractivity contribution is 7.21. The fourth-order valence-electron chi connectivity index (χ4n) is 2.40. The summed E-state index contributed by atoms with van der Waals surface area (Å²) < 4.78 is 18.9. The summed E-state index contributed by atoms with van der Waals surface area (Å²) >= 11 is 0. The van der Waals surface area contributed by atoms with Crippen LogP contribution in [0.3, 0.4) is 0 Å². The van der Waals surface area contributed by atoms with Gasteiger partial charge in [0, 0.05) is 0 Å². The van der Waals surface area contributed by atoms with Gasteiger partial charge in [0.1, 0.15) is 0 Å². The first-order valence-electron chi connectivity index (χ1n) is 9.53. The van der Waals surface area contributed by atoms with Crippen molar-refractivity contribution in [2.24, 2.45) is 0 Å². The Labute approximate surface area is 165 Å². The highest BCUT2D eigenvalue weighted by Crippen LogP contribution is 2.04. The first-order chi connectivity index (χ1) is 11.9. The summed E-state index contributed by atoms with van der Waals surface area (Å²) in [5, 5.41) is 1.41. The molecule has 0 aliphatic heterocycles. The van der Waals surface area contributed by atoms with Crippen molar-refractivity contribution in [2.75, 3.05) is 0 Å². The maximum atomic E-state index is 6.38. The predicted molar refractivity (Wildman–Crippen MR) is 127 cm³/mol. The fourth-order valence-corrected chi connectivity index (χ4v) is 32.7. The molecule has 0 radical (unpaired) electrons. The third-order valence-corrected chi connectivity index (χ3v) is 26.6. The van der Waals surface area contributed by atoms with E-state index in [1.165, 1.54) is 24.4 Å². The van der Waals surface area contributed by atoms with Gasteiger partial charge < -0.3 is 12.3 Å². The van der Waals surface area contributed by atoms with Gasteiger partial charge in [0.05, 0.1) is 0 Å². The Morgan fingerprint density at radius 1 is 1.08 bits per heavy atom. The van der Waals surface area contributed by atoms with Crippen LogP contribution in [-0.4, -0.2) is 53.8 Å². The van der Waals surface area contributed by atoms with Gasteiger partial charge in [-0.05, 0) is 37.8 Å². The average Bonchev–Trinajstić information content (AvgIpc) is 2.61. The van der Waals surface area contributed by atoms with E-state index < -0.39 is 53.8 Å². The Balaban J connectivity index is 2.19. The Morgan fingerprint density at radius 3 is 2.48 bits per heavy atom. The Kier molecular flexibility index (Phi) is 12.4. The molecule has 0 spiro atoms. The molecule has 142 valence electrons. The molecule has 2 unspecified atom stereocenters. The van der Waals surface area contributed by atoms with Crippen molar-refractivity contribution in [3.63, 3.8) is 0 Å². The Morgan fingerprint density at radius 2 is 1.80 bits per heavy atom. The highest BCUT2D eigenvalue weighted by atomic mass is 29.2. The van der Waals surface area contributed by atoms with Gasteiger partial charge in [-0.3, -0.25) is 0 Å². The van der Waals surface area contributed by atoms with Crippen molar-refractivity contribution in [1.82, 2.24) is 0 Å². The summed E-state index contributed by atoms with van der Waals surface area (Å²) in [7, 11) is -5.20. The molecule has 3 nitrogen and oxygen atoms in total. The maximum absolute atomic E-state index is 6.38. The Bertz CT molecular complexity index is 486. The van der Waals surface area contributed by atoms with Crippen LogP contribution in [-0.2, 0) is 12.3 Å². The second-order valence-corrected chi connectivity index (χ2v) is 27.7. The zero-order valence-electron chi connectivity index (χ0n) is 16.7. The van der Waals surface area contributed by atoms with Crippen LogP contribution in [0.2, 0.25) is 26.2 Å². The minimum atomic E-state index is -1.52. The first-order valence-corrected chi connectivity index (χ1v) is 25.0. The number of hydrogen-bond donors (Lipinski definition) is 0. The van der Waals surface area contributed by atoms with Gasteiger partial charge in [-0.15, -0.1) is 0 Å². The summed E-state index contributed by atoms with van der Waals surface area (Å²) in [5.41, 5.74) is 2.36. The van der Waals surface area contributed by atoms with Crippen LogP contribution in [0.1, 0.15) is 26.2 Å². The topological polar surface area (TPSA) is 27.7 Å². The number of hydrogen-bond acceptors (Lipinski definition) is 3. The van der Waals surface area contributed by atoms with Crippen LogP contribution in [0.25, 0.3) is 0 Å². The van der Waals surface area contributed by atoms with Crippen molar-refractivity contribution in [3.05, 3.63) is 42.1 Å². The van der Waals surface area contributed by atoms with E-state index in [-0.39, 0.29) is 0 Å². The lowest BCUT2D eigenvalue weighted by Crippen LogP contribution is -2.45. The fraction of sp³-hybridized carbons (Fsp3) is 0.500. The van der Waals surface area contributed by atoms with E-state index in [4.69, 9.17) is 12.3 Å². The van der Waals surface area contributed by atoms with Gasteiger partial charge in [0.15, 0.2) is 53.8 Å². The Hall–Kier alpha value is 0.141. The molecular weight excluding hydrogens is 409 g/mol. The molecule has 0 heterocycles. The lowest BCUT2D eigenvalue weighted by molar-refractivity contribution is 0.582. The number of allylic oxidation sites excluding steroid dienone is 1. The van der Waals surface area contributed by atoms with Crippen LogP contribution < -0.4 is 5.19 Å². The van der Waals surface area contributed by atoms with Crippen LogP contribution >= 0.6 is 0 Å². The number of benzene rings is 1. The van der Waals surface area contributed by atoms with Crippen LogP contribution in [0.4, 0.5) is 0 Å². The van der Waals surface area contributed by atoms with E-state index in [2.05, 4.69) is 75.2 Å². The SMILES string of the molecule is CCCCC=C[SiH](C)O[SiH2][Si](C)(C)O[SiH2][SiH2]O[SiH](C)c1ccccc1. The van der Waals surface area contributed by atoms with E-state index >= 15 is 0 Å². The third kappa shape index (κ3) is 11.5. The molecule has 0 aromatic heterocycles. The van der Waals surface area contributed by atoms with Gasteiger partial charge in [-0.2, -0.15) is 0 Å². The summed E-state index contributed by atoms with van der Waals surface area (Å²) in [4.78, 5) is 0. The quantitative estimate of drug-likeness (QED) is 0.333. The molecule has 0 aliphatic carbocycles. The second kappa shape index (κ2) is 13.3. The molecule has 0 fully saturated rings. The van der Waals surface area contributed by atoms with E-state index in [9.17, 15) is 0 Å². The molecule has 9 heteroatoms. The van der Waals surface area contributed by atoms with Gasteiger partial charge in [-0.1, -0.05) is 61.9 Å². The largest absolute Gasteiger partial charge is 0.462 e. The highest BCUT2D eigenvalue weighted by Gasteiger charge is 2.24. The van der Waals surface area contributed by atoms with E-state index in [0.29, 0.717) is 0 Å². The normalized spacial score (nSPS) is 16.2. The number of unbranched alkanes of at least 4 members (excludes halogenated alkanes) is 2. The van der Waals surface area contributed by atoms with Crippen molar-refractivity contribution in [1.29, 1.82) is 0 Å². The lowest BCUT2D eigenvalue weighted by Gasteiger charge is -2.24. The molecule has 1 aromatic carbocycles. The van der Waals surface area contributed by atoms with Crippen LogP contribution in [0.15, 0.2) is 42.1 Å². The standard InChI is InChI=1S/C16H36O3Si6/c1-6-7-8-12-15-23(2)18-22-25(4,5)19-21-20-17-24(3)16-13-10-9-11-14-16/h9-15,23-24H,6-8,20-22H2,1-5H3. The van der Waals surface area contributed by atoms with E-state index in [0.717, 1.165) is 0 Å². The zero-order chi connectivity index (χ0) is 18.5. The zero-order valence-corrected chi connectivity index (χ0v) is 24.2. The molecule has 2 atom stereocenters. The van der Waals surface area contributed by atoms with Gasteiger partial charge >= 0.3 is 0 Å². The van der Waals surface area contributed by atoms with E-state index in [1.807, 2.05) is 0 Å². The first kappa shape index (κ1) is 23.2. The average molecular weight is 445 g/mol. The smallest absolute Gasteiger partial charge is 0.191 e. The monoisotopic (exact) mass is 444 g/mol. The minimum Gasteiger partial charge on any atom is -0.462 e. The molecular formula is C16H36O3Si6. The molecule has 1 rings (SSSR count). The molecule has 0 saturated heterocycles. The van der Waals surface area contributed by atoms with Crippen molar-refractivity contribution in [3.8, 4) is 0 Å². The molecule has 0 N–H and O–H groups in total. The maximum Gasteiger partial charge on any atom is 0.191 e. The summed E-state index contributed by atoms with van der Waals surface area (Å²) in [6, 6.07) is 10.7. The van der Waals surface area contributed by atoms with Crippen LogP contribution in [0.5, 0.6) is 0 Å². The van der Waals surface area contributed by atoms with Crippen molar-refractivity contribution < 1.29 is 12.3 Å². The molecule has 0 aliphatic rings. The molecule has 1 aromatic rings. The molecule has 0 amide bonds. The second-order valence-electron chi connectivity index (χ2n) is 7.12. The van der Waals surface area contributed by atoms with Gasteiger partial charge in [0.25, 0.3) is 0 Å². The lowest BCUT2D eigenvalue weighted by atomic mass is 10.2. The third-order valence-electron chi connectivity index (χ3n) is 4.04. The van der Waals surface area contributed by atoms with Gasteiger partial charge in [0.2, 0.25) is 0 Å². The van der Waals surface area contributed by atoms with Crippen molar-refractivity contribution in [2.45, 2.75) is 52.4 Å². The molecule has 25 heavy (non-hydrogen) atoms. The summed E-state index contributed by atoms with van der Waals surface area (Å²) in [6.07, 6.45) is 6.09. The van der Waals surface area contributed by atoms with Crippen molar-refractivity contribution >= 4 is 58.9 Å².